The van der Waals surface area contributed by atoms with Crippen molar-refractivity contribution < 1.29 is 4.79 Å². The van der Waals surface area contributed by atoms with Gasteiger partial charge >= 0.3 is 0 Å². The molecule has 0 radical (unpaired) electrons. The first-order chi connectivity index (χ1) is 11.1. The number of benzene rings is 1. The second-order valence-corrected chi connectivity index (χ2v) is 7.09. The number of nitrogen functional groups attached to an aromatic ring is 1. The Morgan fingerprint density at radius 2 is 1.78 bits per heavy atom. The molecule has 2 aliphatic rings. The van der Waals surface area contributed by atoms with Crippen LogP contribution in [0.15, 0.2) is 24.3 Å². The van der Waals surface area contributed by atoms with Crippen molar-refractivity contribution in [3.63, 3.8) is 0 Å². The van der Waals surface area contributed by atoms with Gasteiger partial charge in [-0.2, -0.15) is 0 Å². The SMILES string of the molecule is CN(C(=O)Cc1ccc(N)cc1)[C@@H]1CCCC[C@H]1N1CCCC1. The molecule has 1 heterocycles. The predicted octanol–water partition coefficient (Wildman–Crippen LogP) is 2.68. The normalized spacial score (nSPS) is 25.4. The van der Waals surface area contributed by atoms with E-state index in [1.165, 1.54) is 45.2 Å². The molecule has 2 atom stereocenters. The number of carbonyl (C=O) groups is 1. The van der Waals surface area contributed by atoms with Crippen LogP contribution in [0.3, 0.4) is 0 Å². The number of likely N-dealkylation sites (tertiary alicyclic amines) is 1. The van der Waals surface area contributed by atoms with Crippen LogP contribution in [-0.4, -0.2) is 47.9 Å². The molecule has 1 saturated heterocycles. The molecule has 0 aromatic heterocycles. The molecule has 0 spiro atoms. The zero-order valence-electron chi connectivity index (χ0n) is 14.2. The van der Waals surface area contributed by atoms with Gasteiger partial charge in [0.05, 0.1) is 6.42 Å². The van der Waals surface area contributed by atoms with Gasteiger partial charge in [0.2, 0.25) is 5.91 Å². The molecule has 1 amide bonds. The summed E-state index contributed by atoms with van der Waals surface area (Å²) in [5, 5.41) is 0. The van der Waals surface area contributed by atoms with Crippen LogP contribution in [-0.2, 0) is 11.2 Å². The Morgan fingerprint density at radius 1 is 1.13 bits per heavy atom. The number of carbonyl (C=O) groups excluding carboxylic acids is 1. The first-order valence-electron chi connectivity index (χ1n) is 8.99. The minimum Gasteiger partial charge on any atom is -0.399 e. The third kappa shape index (κ3) is 3.86. The third-order valence-electron chi connectivity index (χ3n) is 5.53. The summed E-state index contributed by atoms with van der Waals surface area (Å²) < 4.78 is 0. The average molecular weight is 315 g/mol. The van der Waals surface area contributed by atoms with E-state index in [2.05, 4.69) is 4.90 Å². The smallest absolute Gasteiger partial charge is 0.227 e. The van der Waals surface area contributed by atoms with Crippen LogP contribution in [0.5, 0.6) is 0 Å². The average Bonchev–Trinajstić information content (AvgIpc) is 3.10. The maximum atomic E-state index is 12.7. The van der Waals surface area contributed by atoms with E-state index in [4.69, 9.17) is 5.73 Å². The van der Waals surface area contributed by atoms with Crippen molar-refractivity contribution in [3.8, 4) is 0 Å². The molecule has 1 aliphatic carbocycles. The summed E-state index contributed by atoms with van der Waals surface area (Å²) in [5.74, 6) is 0.228. The highest BCUT2D eigenvalue weighted by atomic mass is 16.2. The predicted molar refractivity (Wildman–Crippen MR) is 94.2 cm³/mol. The molecule has 1 saturated carbocycles. The van der Waals surface area contributed by atoms with Crippen molar-refractivity contribution in [3.05, 3.63) is 29.8 Å². The van der Waals surface area contributed by atoms with Crippen LogP contribution in [0.4, 0.5) is 5.69 Å². The molecule has 23 heavy (non-hydrogen) atoms. The zero-order valence-corrected chi connectivity index (χ0v) is 14.2. The van der Waals surface area contributed by atoms with E-state index >= 15 is 0 Å². The van der Waals surface area contributed by atoms with Crippen LogP contribution in [0, 0.1) is 0 Å². The summed E-state index contributed by atoms with van der Waals surface area (Å²) in [6, 6.07) is 8.60. The van der Waals surface area contributed by atoms with Gasteiger partial charge in [-0.3, -0.25) is 9.69 Å². The maximum Gasteiger partial charge on any atom is 0.227 e. The zero-order chi connectivity index (χ0) is 16.2. The van der Waals surface area contributed by atoms with Crippen molar-refractivity contribution in [1.82, 2.24) is 9.80 Å². The Labute approximate surface area is 139 Å². The summed E-state index contributed by atoms with van der Waals surface area (Å²) in [7, 11) is 2.00. The van der Waals surface area contributed by atoms with Crippen molar-refractivity contribution in [1.29, 1.82) is 0 Å². The van der Waals surface area contributed by atoms with Crippen LogP contribution in [0.2, 0.25) is 0 Å². The lowest BCUT2D eigenvalue weighted by atomic mass is 9.88. The largest absolute Gasteiger partial charge is 0.399 e. The van der Waals surface area contributed by atoms with Crippen LogP contribution in [0.25, 0.3) is 0 Å². The first kappa shape index (κ1) is 16.3. The van der Waals surface area contributed by atoms with Gasteiger partial charge in [0.1, 0.15) is 0 Å². The van der Waals surface area contributed by atoms with Gasteiger partial charge in [0.15, 0.2) is 0 Å². The fourth-order valence-corrected chi connectivity index (χ4v) is 4.16. The Morgan fingerprint density at radius 3 is 2.48 bits per heavy atom. The topological polar surface area (TPSA) is 49.6 Å². The second-order valence-electron chi connectivity index (χ2n) is 7.09. The van der Waals surface area contributed by atoms with Crippen molar-refractivity contribution in [2.24, 2.45) is 0 Å². The van der Waals surface area contributed by atoms with Crippen molar-refractivity contribution in [2.75, 3.05) is 25.9 Å². The Hall–Kier alpha value is -1.55. The molecule has 1 aromatic carbocycles. The van der Waals surface area contributed by atoms with Crippen molar-refractivity contribution in [2.45, 2.75) is 57.0 Å². The fourth-order valence-electron chi connectivity index (χ4n) is 4.16. The molecular weight excluding hydrogens is 286 g/mol. The minimum absolute atomic E-state index is 0.228. The monoisotopic (exact) mass is 315 g/mol. The lowest BCUT2D eigenvalue weighted by Crippen LogP contribution is -2.53. The number of nitrogens with zero attached hydrogens (tertiary/aromatic N) is 2. The summed E-state index contributed by atoms with van der Waals surface area (Å²) in [4.78, 5) is 17.4. The summed E-state index contributed by atoms with van der Waals surface area (Å²) in [6.07, 6.45) is 8.03. The number of hydrogen-bond acceptors (Lipinski definition) is 3. The van der Waals surface area contributed by atoms with Gasteiger partial charge in [-0.15, -0.1) is 0 Å². The lowest BCUT2D eigenvalue weighted by Gasteiger charge is -2.42. The van der Waals surface area contributed by atoms with Crippen LogP contribution in [0.1, 0.15) is 44.1 Å². The molecule has 4 heteroatoms. The van der Waals surface area contributed by atoms with Gasteiger partial charge in [0.25, 0.3) is 0 Å². The van der Waals surface area contributed by atoms with E-state index < -0.39 is 0 Å². The van der Waals surface area contributed by atoms with Gasteiger partial charge in [-0.05, 0) is 56.5 Å². The molecule has 3 rings (SSSR count). The number of nitrogens with two attached hydrogens (primary N) is 1. The first-order valence-corrected chi connectivity index (χ1v) is 8.99. The molecule has 1 aromatic rings. The minimum atomic E-state index is 0.228. The fraction of sp³-hybridized carbons (Fsp3) is 0.632. The standard InChI is InChI=1S/C19H29N3O/c1-21(19(23)14-15-8-10-16(20)11-9-15)17-6-2-3-7-18(17)22-12-4-5-13-22/h8-11,17-18H,2-7,12-14,20H2,1H3/t17-,18-/m1/s1. The van der Waals surface area contributed by atoms with Gasteiger partial charge in [-0.1, -0.05) is 25.0 Å². The highest BCUT2D eigenvalue weighted by molar-refractivity contribution is 5.79. The molecule has 0 bridgehead atoms. The van der Waals surface area contributed by atoms with E-state index in [9.17, 15) is 4.79 Å². The van der Waals surface area contributed by atoms with Gasteiger partial charge in [-0.25, -0.2) is 0 Å². The van der Waals surface area contributed by atoms with E-state index in [1.807, 2.05) is 36.2 Å². The third-order valence-corrected chi connectivity index (χ3v) is 5.53. The van der Waals surface area contributed by atoms with E-state index in [0.29, 0.717) is 18.5 Å². The molecule has 1 aliphatic heterocycles. The Bertz CT molecular complexity index is 522. The molecule has 4 nitrogen and oxygen atoms in total. The number of amides is 1. The molecular formula is C19H29N3O. The molecule has 126 valence electrons. The second kappa shape index (κ2) is 7.35. The number of hydrogen-bond donors (Lipinski definition) is 1. The highest BCUT2D eigenvalue weighted by Gasteiger charge is 2.35. The van der Waals surface area contributed by atoms with Gasteiger partial charge in [0, 0.05) is 24.8 Å². The van der Waals surface area contributed by atoms with E-state index in [-0.39, 0.29) is 5.91 Å². The van der Waals surface area contributed by atoms with Crippen LogP contribution >= 0.6 is 0 Å². The highest BCUT2D eigenvalue weighted by Crippen LogP contribution is 2.29. The van der Waals surface area contributed by atoms with E-state index in [1.54, 1.807) is 0 Å². The lowest BCUT2D eigenvalue weighted by molar-refractivity contribution is -0.133. The maximum absolute atomic E-state index is 12.7. The number of rotatable bonds is 4. The van der Waals surface area contributed by atoms with E-state index in [0.717, 1.165) is 17.7 Å². The molecule has 2 fully saturated rings. The summed E-state index contributed by atoms with van der Waals surface area (Å²) >= 11 is 0. The number of anilines is 1. The molecule has 0 unspecified atom stereocenters. The quantitative estimate of drug-likeness (QED) is 0.869. The summed E-state index contributed by atoms with van der Waals surface area (Å²) in [6.45, 7) is 2.42. The Kier molecular flexibility index (Phi) is 5.21. The van der Waals surface area contributed by atoms with Crippen molar-refractivity contribution >= 4 is 11.6 Å². The Balaban J connectivity index is 1.65. The molecule has 2 N–H and O–H groups in total. The number of likely N-dealkylation sites (N-methyl/N-ethyl adjacent to an activating group) is 1. The van der Waals surface area contributed by atoms with Gasteiger partial charge < -0.3 is 10.6 Å². The summed E-state index contributed by atoms with van der Waals surface area (Å²) in [5.41, 5.74) is 7.51. The van der Waals surface area contributed by atoms with Crippen LogP contribution < -0.4 is 5.73 Å².